The van der Waals surface area contributed by atoms with Crippen molar-refractivity contribution in [2.75, 3.05) is 0 Å². The molecule has 0 saturated carbocycles. The van der Waals surface area contributed by atoms with Gasteiger partial charge in [0.2, 0.25) is 0 Å². The summed E-state index contributed by atoms with van der Waals surface area (Å²) in [4.78, 5) is 25.2. The molecule has 1 aromatic carbocycles. The Hall–Kier alpha value is -2.08. The van der Waals surface area contributed by atoms with E-state index in [1.54, 1.807) is 30.8 Å². The topological polar surface area (TPSA) is 37.4 Å². The number of carbonyl (C=O) groups is 2. The van der Waals surface area contributed by atoms with Crippen molar-refractivity contribution in [2.45, 2.75) is 32.6 Å². The van der Waals surface area contributed by atoms with Gasteiger partial charge in [-0.1, -0.05) is 19.1 Å². The standard InChI is InChI=1S/C16H16NO2/c1-2-3-4-5-6-9-12-17-15(18)13-10-7-8-11-14(13)16(17)19/h7-8,10-12H,2-3,6,9H2,1H3. The minimum absolute atomic E-state index is 0.234. The number of hydrogen-bond donors (Lipinski definition) is 0. The fourth-order valence-corrected chi connectivity index (χ4v) is 1.94. The van der Waals surface area contributed by atoms with Crippen LogP contribution in [0.25, 0.3) is 0 Å². The first-order chi connectivity index (χ1) is 9.25. The SMILES string of the molecule is CCCC#CCC[CH]N1C(=O)c2ccccc2C1=O. The Bertz CT molecular complexity index is 516. The number of unbranched alkanes of at least 4 members (excludes halogenated alkanes) is 2. The molecule has 3 heteroatoms. The predicted octanol–water partition coefficient (Wildman–Crippen LogP) is 3.03. The molecule has 1 aliphatic heterocycles. The van der Waals surface area contributed by atoms with Crippen molar-refractivity contribution < 1.29 is 9.59 Å². The second kappa shape index (κ2) is 6.19. The van der Waals surface area contributed by atoms with Crippen molar-refractivity contribution in [1.82, 2.24) is 4.90 Å². The zero-order chi connectivity index (χ0) is 13.7. The molecule has 1 aliphatic rings. The van der Waals surface area contributed by atoms with E-state index in [0.29, 0.717) is 24.0 Å². The lowest BCUT2D eigenvalue weighted by Gasteiger charge is -2.11. The van der Waals surface area contributed by atoms with Crippen molar-refractivity contribution in [1.29, 1.82) is 0 Å². The summed E-state index contributed by atoms with van der Waals surface area (Å²) < 4.78 is 0. The maximum absolute atomic E-state index is 12.0. The van der Waals surface area contributed by atoms with Crippen LogP contribution in [-0.2, 0) is 0 Å². The summed E-state index contributed by atoms with van der Waals surface area (Å²) in [6, 6.07) is 6.91. The molecule has 0 spiro atoms. The van der Waals surface area contributed by atoms with Gasteiger partial charge in [0.15, 0.2) is 0 Å². The van der Waals surface area contributed by atoms with E-state index >= 15 is 0 Å². The molecule has 97 valence electrons. The van der Waals surface area contributed by atoms with Crippen molar-refractivity contribution in [3.8, 4) is 11.8 Å². The summed E-state index contributed by atoms with van der Waals surface area (Å²) in [5.74, 6) is 5.60. The van der Waals surface area contributed by atoms with Gasteiger partial charge >= 0.3 is 0 Å². The molecule has 1 heterocycles. The number of fused-ring (bicyclic) bond motifs is 1. The number of hydrogen-bond acceptors (Lipinski definition) is 2. The zero-order valence-corrected chi connectivity index (χ0v) is 11.0. The molecule has 0 bridgehead atoms. The van der Waals surface area contributed by atoms with Gasteiger partial charge in [-0.2, -0.15) is 0 Å². The number of carbonyl (C=O) groups excluding carboxylic acids is 2. The first-order valence-electron chi connectivity index (χ1n) is 6.51. The summed E-state index contributed by atoms with van der Waals surface area (Å²) >= 11 is 0. The molecular formula is C16H16NO2. The molecule has 0 fully saturated rings. The third-order valence-corrected chi connectivity index (χ3v) is 2.91. The first-order valence-corrected chi connectivity index (χ1v) is 6.51. The van der Waals surface area contributed by atoms with Crippen LogP contribution in [0.15, 0.2) is 24.3 Å². The lowest BCUT2D eigenvalue weighted by molar-refractivity contribution is 0.0693. The van der Waals surface area contributed by atoms with Gasteiger partial charge < -0.3 is 0 Å². The third-order valence-electron chi connectivity index (χ3n) is 2.91. The van der Waals surface area contributed by atoms with Crippen LogP contribution in [0.3, 0.4) is 0 Å². The van der Waals surface area contributed by atoms with Crippen molar-refractivity contribution in [3.05, 3.63) is 41.9 Å². The molecule has 3 nitrogen and oxygen atoms in total. The van der Waals surface area contributed by atoms with Gasteiger partial charge in [0.05, 0.1) is 17.7 Å². The van der Waals surface area contributed by atoms with E-state index < -0.39 is 0 Å². The number of benzene rings is 1. The summed E-state index contributed by atoms with van der Waals surface area (Å²) in [6.07, 6.45) is 3.23. The molecule has 0 N–H and O–H groups in total. The lowest BCUT2D eigenvalue weighted by Crippen LogP contribution is -2.26. The molecule has 0 aromatic heterocycles. The van der Waals surface area contributed by atoms with Crippen LogP contribution < -0.4 is 0 Å². The average molecular weight is 254 g/mol. The van der Waals surface area contributed by atoms with Gasteiger partial charge in [0, 0.05) is 12.8 Å². The van der Waals surface area contributed by atoms with Gasteiger partial charge in [0.25, 0.3) is 11.8 Å². The maximum atomic E-state index is 12.0. The Kier molecular flexibility index (Phi) is 4.35. The summed E-state index contributed by atoms with van der Waals surface area (Å²) in [7, 11) is 0. The highest BCUT2D eigenvalue weighted by Gasteiger charge is 2.34. The average Bonchev–Trinajstić information content (AvgIpc) is 2.68. The molecule has 2 amide bonds. The Morgan fingerprint density at radius 1 is 1.05 bits per heavy atom. The summed E-state index contributed by atoms with van der Waals surface area (Å²) in [6.45, 7) is 3.73. The van der Waals surface area contributed by atoms with Gasteiger partial charge in [-0.05, 0) is 25.0 Å². The van der Waals surface area contributed by atoms with Crippen LogP contribution in [0.1, 0.15) is 53.3 Å². The van der Waals surface area contributed by atoms with Gasteiger partial charge in [-0.25, -0.2) is 0 Å². The number of rotatable bonds is 4. The van der Waals surface area contributed by atoms with E-state index in [2.05, 4.69) is 18.8 Å². The Morgan fingerprint density at radius 2 is 1.63 bits per heavy atom. The quantitative estimate of drug-likeness (QED) is 0.470. The van der Waals surface area contributed by atoms with Crippen LogP contribution >= 0.6 is 0 Å². The van der Waals surface area contributed by atoms with Crippen LogP contribution in [0.4, 0.5) is 0 Å². The third kappa shape index (κ3) is 2.85. The minimum atomic E-state index is -0.234. The van der Waals surface area contributed by atoms with Gasteiger partial charge in [-0.15, -0.1) is 11.8 Å². The number of nitrogens with zero attached hydrogens (tertiary/aromatic N) is 1. The molecule has 0 unspecified atom stereocenters. The number of imide groups is 1. The van der Waals surface area contributed by atoms with Crippen LogP contribution in [0.2, 0.25) is 0 Å². The van der Waals surface area contributed by atoms with Crippen LogP contribution in [0.5, 0.6) is 0 Å². The molecule has 0 saturated heterocycles. The largest absolute Gasteiger partial charge is 0.269 e. The smallest absolute Gasteiger partial charge is 0.261 e. The highest BCUT2D eigenvalue weighted by atomic mass is 16.2. The summed E-state index contributed by atoms with van der Waals surface area (Å²) in [5.41, 5.74) is 0.974. The monoisotopic (exact) mass is 254 g/mol. The van der Waals surface area contributed by atoms with E-state index in [1.807, 2.05) is 0 Å². The first kappa shape index (κ1) is 13.4. The zero-order valence-electron chi connectivity index (χ0n) is 11.0. The molecule has 1 radical (unpaired) electrons. The fourth-order valence-electron chi connectivity index (χ4n) is 1.94. The van der Waals surface area contributed by atoms with E-state index in [4.69, 9.17) is 0 Å². The second-order valence-electron chi connectivity index (χ2n) is 4.35. The molecule has 0 atom stereocenters. The van der Waals surface area contributed by atoms with Gasteiger partial charge in [-0.3, -0.25) is 14.5 Å². The second-order valence-corrected chi connectivity index (χ2v) is 4.35. The van der Waals surface area contributed by atoms with E-state index in [1.165, 1.54) is 4.90 Å². The maximum Gasteiger partial charge on any atom is 0.261 e. The Morgan fingerprint density at radius 3 is 2.21 bits per heavy atom. The predicted molar refractivity (Wildman–Crippen MR) is 73.2 cm³/mol. The lowest BCUT2D eigenvalue weighted by atomic mass is 10.1. The van der Waals surface area contributed by atoms with Crippen molar-refractivity contribution >= 4 is 11.8 Å². The van der Waals surface area contributed by atoms with Crippen LogP contribution in [-0.4, -0.2) is 16.7 Å². The number of amides is 2. The molecule has 0 aliphatic carbocycles. The van der Waals surface area contributed by atoms with E-state index in [-0.39, 0.29) is 11.8 Å². The fraction of sp³-hybridized carbons (Fsp3) is 0.312. The normalized spacial score (nSPS) is 13.2. The van der Waals surface area contributed by atoms with E-state index in [9.17, 15) is 9.59 Å². The summed E-state index contributed by atoms with van der Waals surface area (Å²) in [5, 5.41) is 0. The molecule has 1 aromatic rings. The molecular weight excluding hydrogens is 238 g/mol. The molecule has 2 rings (SSSR count). The van der Waals surface area contributed by atoms with Crippen molar-refractivity contribution in [2.24, 2.45) is 0 Å². The highest BCUT2D eigenvalue weighted by molar-refractivity contribution is 6.21. The van der Waals surface area contributed by atoms with Crippen LogP contribution in [0, 0.1) is 18.4 Å². The van der Waals surface area contributed by atoms with Gasteiger partial charge in [0.1, 0.15) is 0 Å². The molecule has 19 heavy (non-hydrogen) atoms. The minimum Gasteiger partial charge on any atom is -0.269 e. The Balaban J connectivity index is 1.92. The Labute approximate surface area is 113 Å². The van der Waals surface area contributed by atoms with Crippen molar-refractivity contribution in [3.63, 3.8) is 0 Å². The van der Waals surface area contributed by atoms with E-state index in [0.717, 1.165) is 12.8 Å². The highest BCUT2D eigenvalue weighted by Crippen LogP contribution is 2.24.